The lowest BCUT2D eigenvalue weighted by atomic mass is 9.96. The predicted molar refractivity (Wildman–Crippen MR) is 96.8 cm³/mol. The Bertz CT molecular complexity index is 811. The normalized spacial score (nSPS) is 12.3. The summed E-state index contributed by atoms with van der Waals surface area (Å²) in [5, 5.41) is 0.598. The molecule has 0 aromatic heterocycles. The number of primary amides is 1. The van der Waals surface area contributed by atoms with Crippen LogP contribution in [0.4, 0.5) is 4.39 Å². The van der Waals surface area contributed by atoms with Crippen LogP contribution in [0.5, 0.6) is 0 Å². The molecule has 24 heavy (non-hydrogen) atoms. The second kappa shape index (κ2) is 7.79. The topological polar surface area (TPSA) is 69.1 Å². The Morgan fingerprint density at radius 1 is 1.17 bits per heavy atom. The molecular formula is C19H18ClFN2O. The number of benzene rings is 2. The Morgan fingerprint density at radius 3 is 2.42 bits per heavy atom. The fraction of sp³-hybridized carbons (Fsp3) is 0.105. The summed E-state index contributed by atoms with van der Waals surface area (Å²) in [4.78, 5) is 11.6. The molecule has 0 aliphatic heterocycles. The Kier molecular flexibility index (Phi) is 5.77. The largest absolute Gasteiger partial charge is 0.398 e. The Morgan fingerprint density at radius 2 is 1.83 bits per heavy atom. The first-order chi connectivity index (χ1) is 11.4. The fourth-order valence-electron chi connectivity index (χ4n) is 2.37. The first kappa shape index (κ1) is 17.8. The molecule has 3 nitrogen and oxygen atoms in total. The highest BCUT2D eigenvalue weighted by Gasteiger charge is 2.16. The molecule has 2 aromatic carbocycles. The van der Waals surface area contributed by atoms with Crippen molar-refractivity contribution in [2.45, 2.75) is 13.3 Å². The van der Waals surface area contributed by atoms with Gasteiger partial charge in [0.2, 0.25) is 5.91 Å². The molecule has 0 bridgehead atoms. The van der Waals surface area contributed by atoms with Gasteiger partial charge in [-0.05, 0) is 47.9 Å². The lowest BCUT2D eigenvalue weighted by Gasteiger charge is -2.11. The van der Waals surface area contributed by atoms with Gasteiger partial charge in [-0.15, -0.1) is 0 Å². The van der Waals surface area contributed by atoms with Crippen molar-refractivity contribution in [1.29, 1.82) is 0 Å². The van der Waals surface area contributed by atoms with Crippen molar-refractivity contribution in [2.75, 3.05) is 0 Å². The van der Waals surface area contributed by atoms with E-state index >= 15 is 0 Å². The molecule has 2 rings (SSSR count). The third-order valence-electron chi connectivity index (χ3n) is 3.48. The molecule has 0 atom stereocenters. The second-order valence-electron chi connectivity index (χ2n) is 5.20. The number of amides is 1. The zero-order valence-corrected chi connectivity index (χ0v) is 14.0. The molecule has 5 heteroatoms. The highest BCUT2D eigenvalue weighted by Crippen LogP contribution is 2.27. The van der Waals surface area contributed by atoms with Gasteiger partial charge >= 0.3 is 0 Å². The number of rotatable bonds is 5. The zero-order valence-electron chi connectivity index (χ0n) is 13.2. The standard InChI is InChI=1S/C19H18ClFN2O/c1-2-4-13(11-17(22)12-7-9-14(20)10-8-12)18-15(19(23)24)5-3-6-16(18)21/h3-11H,2,22H2,1H3,(H2,23,24)/b13-4-,17-11-. The van der Waals surface area contributed by atoms with Crippen LogP contribution in [0.3, 0.4) is 0 Å². The molecular weight excluding hydrogens is 327 g/mol. The van der Waals surface area contributed by atoms with Crippen LogP contribution in [0.1, 0.15) is 34.8 Å². The van der Waals surface area contributed by atoms with Gasteiger partial charge in [-0.3, -0.25) is 4.79 Å². The van der Waals surface area contributed by atoms with Crippen molar-refractivity contribution in [3.05, 3.63) is 82.1 Å². The van der Waals surface area contributed by atoms with Crippen LogP contribution in [0.15, 0.2) is 54.6 Å². The van der Waals surface area contributed by atoms with E-state index in [2.05, 4.69) is 0 Å². The van der Waals surface area contributed by atoms with Crippen LogP contribution in [-0.4, -0.2) is 5.91 Å². The van der Waals surface area contributed by atoms with Crippen LogP contribution in [0.25, 0.3) is 11.3 Å². The van der Waals surface area contributed by atoms with Gasteiger partial charge in [0.1, 0.15) is 5.82 Å². The summed E-state index contributed by atoms with van der Waals surface area (Å²) in [5.74, 6) is -1.21. The van der Waals surface area contributed by atoms with Crippen molar-refractivity contribution in [2.24, 2.45) is 11.5 Å². The Labute approximate surface area is 145 Å². The van der Waals surface area contributed by atoms with Crippen LogP contribution >= 0.6 is 11.6 Å². The zero-order chi connectivity index (χ0) is 17.7. The van der Waals surface area contributed by atoms with Crippen molar-refractivity contribution in [3.8, 4) is 0 Å². The Balaban J connectivity index is 2.56. The maximum Gasteiger partial charge on any atom is 0.249 e. The molecule has 124 valence electrons. The third-order valence-corrected chi connectivity index (χ3v) is 3.73. The molecule has 0 spiro atoms. The predicted octanol–water partition coefficient (Wildman–Crippen LogP) is 4.37. The van der Waals surface area contributed by atoms with Gasteiger partial charge in [-0.2, -0.15) is 0 Å². The monoisotopic (exact) mass is 344 g/mol. The molecule has 4 N–H and O–H groups in total. The van der Waals surface area contributed by atoms with E-state index in [1.165, 1.54) is 18.2 Å². The maximum absolute atomic E-state index is 14.4. The van der Waals surface area contributed by atoms with Crippen LogP contribution in [0.2, 0.25) is 5.02 Å². The molecule has 0 aliphatic rings. The SMILES string of the molecule is CC/C=C(/C=C(\N)c1ccc(Cl)cc1)c1c(F)cccc1C(N)=O. The molecule has 1 amide bonds. The number of allylic oxidation sites excluding steroid dienone is 3. The molecule has 0 heterocycles. The molecule has 2 aromatic rings. The van der Waals surface area contributed by atoms with Crippen LogP contribution in [0, 0.1) is 5.82 Å². The summed E-state index contributed by atoms with van der Waals surface area (Å²) in [5.41, 5.74) is 13.5. The highest BCUT2D eigenvalue weighted by molar-refractivity contribution is 6.30. The number of nitrogens with two attached hydrogens (primary N) is 2. The van der Waals surface area contributed by atoms with E-state index < -0.39 is 11.7 Å². The van der Waals surface area contributed by atoms with Crippen molar-refractivity contribution in [1.82, 2.24) is 0 Å². The summed E-state index contributed by atoms with van der Waals surface area (Å²) in [7, 11) is 0. The van der Waals surface area contributed by atoms with E-state index in [9.17, 15) is 9.18 Å². The molecule has 0 saturated carbocycles. The van der Waals surface area contributed by atoms with E-state index in [0.29, 0.717) is 22.7 Å². The lowest BCUT2D eigenvalue weighted by molar-refractivity contribution is 0.0999. The number of carbonyl (C=O) groups is 1. The second-order valence-corrected chi connectivity index (χ2v) is 5.64. The summed E-state index contributed by atoms with van der Waals surface area (Å²) in [6.07, 6.45) is 4.08. The van der Waals surface area contributed by atoms with Crippen LogP contribution in [-0.2, 0) is 0 Å². The average Bonchev–Trinajstić information content (AvgIpc) is 2.54. The molecule has 0 radical (unpaired) electrons. The Hall–Kier alpha value is -2.59. The van der Waals surface area contributed by atoms with E-state index in [-0.39, 0.29) is 11.1 Å². The average molecular weight is 345 g/mol. The van der Waals surface area contributed by atoms with Crippen molar-refractivity contribution >= 4 is 28.8 Å². The van der Waals surface area contributed by atoms with E-state index in [4.69, 9.17) is 23.1 Å². The lowest BCUT2D eigenvalue weighted by Crippen LogP contribution is -2.14. The first-order valence-electron chi connectivity index (χ1n) is 7.46. The number of hydrogen-bond acceptors (Lipinski definition) is 2. The molecule has 0 aliphatic carbocycles. The summed E-state index contributed by atoms with van der Waals surface area (Å²) in [6.45, 7) is 1.91. The van der Waals surface area contributed by atoms with Crippen molar-refractivity contribution < 1.29 is 9.18 Å². The van der Waals surface area contributed by atoms with Gasteiger partial charge in [0.25, 0.3) is 0 Å². The van der Waals surface area contributed by atoms with E-state index in [0.717, 1.165) is 5.56 Å². The smallest absolute Gasteiger partial charge is 0.249 e. The number of hydrogen-bond donors (Lipinski definition) is 2. The third kappa shape index (κ3) is 4.03. The van der Waals surface area contributed by atoms with Crippen LogP contribution < -0.4 is 11.5 Å². The van der Waals surface area contributed by atoms with Gasteiger partial charge in [-0.25, -0.2) is 4.39 Å². The highest BCUT2D eigenvalue weighted by atomic mass is 35.5. The minimum atomic E-state index is -0.690. The van der Waals surface area contributed by atoms with E-state index in [1.54, 1.807) is 36.4 Å². The molecule has 0 fully saturated rings. The fourth-order valence-corrected chi connectivity index (χ4v) is 2.50. The van der Waals surface area contributed by atoms with Gasteiger partial charge in [0, 0.05) is 21.8 Å². The number of halogens is 2. The summed E-state index contributed by atoms with van der Waals surface area (Å²) in [6, 6.07) is 11.2. The van der Waals surface area contributed by atoms with E-state index in [1.807, 2.05) is 6.92 Å². The number of carbonyl (C=O) groups excluding carboxylic acids is 1. The van der Waals surface area contributed by atoms with Crippen molar-refractivity contribution in [3.63, 3.8) is 0 Å². The van der Waals surface area contributed by atoms with Gasteiger partial charge in [0.15, 0.2) is 0 Å². The molecule has 0 saturated heterocycles. The summed E-state index contributed by atoms with van der Waals surface area (Å²) >= 11 is 5.87. The minimum absolute atomic E-state index is 0.120. The minimum Gasteiger partial charge on any atom is -0.398 e. The van der Waals surface area contributed by atoms with Gasteiger partial charge in [0.05, 0.1) is 0 Å². The quantitative estimate of drug-likeness (QED) is 0.791. The van der Waals surface area contributed by atoms with Gasteiger partial charge in [-0.1, -0.05) is 42.8 Å². The van der Waals surface area contributed by atoms with Gasteiger partial charge < -0.3 is 11.5 Å². The first-order valence-corrected chi connectivity index (χ1v) is 7.83. The maximum atomic E-state index is 14.4. The summed E-state index contributed by atoms with van der Waals surface area (Å²) < 4.78 is 14.4. The molecule has 0 unspecified atom stereocenters.